The van der Waals surface area contributed by atoms with Gasteiger partial charge in [-0.2, -0.15) is 5.26 Å². The van der Waals surface area contributed by atoms with E-state index in [1.54, 1.807) is 24.5 Å². The molecule has 0 aliphatic carbocycles. The molecule has 4 fully saturated rings. The van der Waals surface area contributed by atoms with E-state index < -0.39 is 5.82 Å². The van der Waals surface area contributed by atoms with Gasteiger partial charge in [-0.3, -0.25) is 14.7 Å². The predicted molar refractivity (Wildman–Crippen MR) is 172 cm³/mol. The van der Waals surface area contributed by atoms with Crippen molar-refractivity contribution in [1.29, 1.82) is 5.26 Å². The molecule has 0 spiro atoms. The van der Waals surface area contributed by atoms with Gasteiger partial charge in [0.15, 0.2) is 0 Å². The number of fused-ring (bicyclic) bond motifs is 4. The highest BCUT2D eigenvalue weighted by atomic mass is 35.5. The van der Waals surface area contributed by atoms with E-state index in [0.717, 1.165) is 50.6 Å². The average Bonchev–Trinajstić information content (AvgIpc) is 3.72. The summed E-state index contributed by atoms with van der Waals surface area (Å²) in [5.74, 6) is -0.294. The Kier molecular flexibility index (Phi) is 6.70. The molecule has 228 valence electrons. The molecule has 45 heavy (non-hydrogen) atoms. The summed E-state index contributed by atoms with van der Waals surface area (Å²) >= 11 is 6.62. The number of nitriles is 1. The SMILES string of the molecule is C=CC(=O)N1CC[C@@H]2[C@H]1CN2c1c(C#N)c(OCC23CCCN2CCC3)nc2cc(-c3cncc4cccc(Cl)c34)c(F)cc12. The van der Waals surface area contributed by atoms with Gasteiger partial charge in [-0.25, -0.2) is 9.37 Å². The van der Waals surface area contributed by atoms with Crippen molar-refractivity contribution in [2.24, 2.45) is 0 Å². The first-order valence-electron chi connectivity index (χ1n) is 15.6. The molecule has 4 saturated heterocycles. The minimum atomic E-state index is -0.462. The summed E-state index contributed by atoms with van der Waals surface area (Å²) in [6.07, 6.45) is 9.80. The topological polar surface area (TPSA) is 85.6 Å². The molecule has 4 aromatic rings. The van der Waals surface area contributed by atoms with E-state index in [1.165, 1.54) is 12.1 Å². The summed E-state index contributed by atoms with van der Waals surface area (Å²) in [6.45, 7) is 7.37. The lowest BCUT2D eigenvalue weighted by Gasteiger charge is -2.48. The largest absolute Gasteiger partial charge is 0.475 e. The maximum Gasteiger partial charge on any atom is 0.246 e. The lowest BCUT2D eigenvalue weighted by molar-refractivity contribution is -0.127. The highest BCUT2D eigenvalue weighted by molar-refractivity contribution is 6.36. The fraction of sp³-hybridized carbons (Fsp3) is 0.371. The molecular formula is C35H32ClFN6O2. The number of ether oxygens (including phenoxy) is 1. The van der Waals surface area contributed by atoms with E-state index in [1.807, 2.05) is 17.0 Å². The van der Waals surface area contributed by atoms with Gasteiger partial charge in [-0.1, -0.05) is 30.3 Å². The maximum absolute atomic E-state index is 16.2. The summed E-state index contributed by atoms with van der Waals surface area (Å²) < 4.78 is 22.8. The van der Waals surface area contributed by atoms with Crippen LogP contribution in [0.4, 0.5) is 10.1 Å². The normalized spacial score (nSPS) is 21.9. The summed E-state index contributed by atoms with van der Waals surface area (Å²) in [4.78, 5) is 28.3. The number of carbonyl (C=O) groups excluding carboxylic acids is 1. The molecule has 4 aliphatic heterocycles. The van der Waals surface area contributed by atoms with Crippen LogP contribution in [0.25, 0.3) is 32.8 Å². The second-order valence-corrected chi connectivity index (χ2v) is 13.1. The van der Waals surface area contributed by atoms with Crippen molar-refractivity contribution in [2.75, 3.05) is 37.7 Å². The Bertz CT molecular complexity index is 1930. The zero-order chi connectivity index (χ0) is 30.9. The Balaban J connectivity index is 1.28. The summed E-state index contributed by atoms with van der Waals surface area (Å²) in [7, 11) is 0. The van der Waals surface area contributed by atoms with E-state index >= 15 is 4.39 Å². The van der Waals surface area contributed by atoms with Gasteiger partial charge in [-0.05, 0) is 69.5 Å². The predicted octanol–water partition coefficient (Wildman–Crippen LogP) is 6.10. The molecule has 0 radical (unpaired) electrons. The highest BCUT2D eigenvalue weighted by Gasteiger charge is 2.50. The van der Waals surface area contributed by atoms with Crippen molar-refractivity contribution in [1.82, 2.24) is 19.8 Å². The van der Waals surface area contributed by atoms with Gasteiger partial charge in [0.25, 0.3) is 0 Å². The molecule has 8 rings (SSSR count). The molecular weight excluding hydrogens is 591 g/mol. The number of aromatic nitrogens is 2. The van der Waals surface area contributed by atoms with Gasteiger partial charge in [0, 0.05) is 57.8 Å². The molecule has 0 saturated carbocycles. The number of hydrogen-bond acceptors (Lipinski definition) is 7. The van der Waals surface area contributed by atoms with Crippen LogP contribution in [-0.4, -0.2) is 76.1 Å². The molecule has 0 unspecified atom stereocenters. The van der Waals surface area contributed by atoms with Crippen LogP contribution in [0.15, 0.2) is 55.4 Å². The molecule has 2 aromatic carbocycles. The Morgan fingerprint density at radius 3 is 2.78 bits per heavy atom. The van der Waals surface area contributed by atoms with Crippen LogP contribution in [0.3, 0.4) is 0 Å². The van der Waals surface area contributed by atoms with Crippen LogP contribution < -0.4 is 9.64 Å². The molecule has 8 nitrogen and oxygen atoms in total. The molecule has 6 heterocycles. The van der Waals surface area contributed by atoms with Gasteiger partial charge in [0.2, 0.25) is 11.8 Å². The Labute approximate surface area is 265 Å². The van der Waals surface area contributed by atoms with E-state index in [2.05, 4.69) is 27.4 Å². The monoisotopic (exact) mass is 622 g/mol. The first-order valence-corrected chi connectivity index (χ1v) is 16.0. The molecule has 2 aromatic heterocycles. The van der Waals surface area contributed by atoms with Crippen LogP contribution in [0, 0.1) is 17.1 Å². The van der Waals surface area contributed by atoms with Crippen molar-refractivity contribution < 1.29 is 13.9 Å². The fourth-order valence-corrected chi connectivity index (χ4v) is 8.56. The Morgan fingerprint density at radius 2 is 2.00 bits per heavy atom. The van der Waals surface area contributed by atoms with Crippen molar-refractivity contribution in [3.8, 4) is 23.1 Å². The van der Waals surface area contributed by atoms with Crippen LogP contribution >= 0.6 is 11.6 Å². The first-order chi connectivity index (χ1) is 21.9. The third-order valence-electron chi connectivity index (χ3n) is 10.5. The van der Waals surface area contributed by atoms with E-state index in [-0.39, 0.29) is 29.4 Å². The lowest BCUT2D eigenvalue weighted by Crippen LogP contribution is -2.63. The zero-order valence-corrected chi connectivity index (χ0v) is 25.6. The fourth-order valence-electron chi connectivity index (χ4n) is 8.28. The minimum absolute atomic E-state index is 0.00186. The summed E-state index contributed by atoms with van der Waals surface area (Å²) in [6, 6.07) is 11.1. The smallest absolute Gasteiger partial charge is 0.246 e. The summed E-state index contributed by atoms with van der Waals surface area (Å²) in [5, 5.41) is 13.1. The van der Waals surface area contributed by atoms with E-state index in [0.29, 0.717) is 63.4 Å². The van der Waals surface area contributed by atoms with Crippen molar-refractivity contribution in [3.05, 3.63) is 71.8 Å². The lowest BCUT2D eigenvalue weighted by atomic mass is 9.92. The Hall–Kier alpha value is -4.26. The van der Waals surface area contributed by atoms with Crippen molar-refractivity contribution >= 4 is 44.9 Å². The van der Waals surface area contributed by atoms with Gasteiger partial charge < -0.3 is 14.5 Å². The van der Waals surface area contributed by atoms with E-state index in [4.69, 9.17) is 21.3 Å². The first kappa shape index (κ1) is 28.2. The van der Waals surface area contributed by atoms with Crippen LogP contribution in [0.5, 0.6) is 5.88 Å². The minimum Gasteiger partial charge on any atom is -0.475 e. The average molecular weight is 623 g/mol. The quantitative estimate of drug-likeness (QED) is 0.240. The van der Waals surface area contributed by atoms with Gasteiger partial charge >= 0.3 is 0 Å². The van der Waals surface area contributed by atoms with Crippen molar-refractivity contribution in [2.45, 2.75) is 49.7 Å². The number of carbonyl (C=O) groups is 1. The third kappa shape index (κ3) is 4.30. The number of benzene rings is 2. The second kappa shape index (κ2) is 10.7. The Morgan fingerprint density at radius 1 is 1.18 bits per heavy atom. The van der Waals surface area contributed by atoms with Crippen LogP contribution in [0.2, 0.25) is 5.02 Å². The molecule has 2 atom stereocenters. The number of anilines is 1. The number of pyridine rings is 2. The number of rotatable bonds is 6. The number of amides is 1. The second-order valence-electron chi connectivity index (χ2n) is 12.6. The molecule has 0 N–H and O–H groups in total. The third-order valence-corrected chi connectivity index (χ3v) is 10.8. The van der Waals surface area contributed by atoms with E-state index in [9.17, 15) is 10.1 Å². The molecule has 4 aliphatic rings. The molecule has 1 amide bonds. The van der Waals surface area contributed by atoms with Gasteiger partial charge in [0.1, 0.15) is 24.1 Å². The number of hydrogen-bond donors (Lipinski definition) is 0. The van der Waals surface area contributed by atoms with Crippen molar-refractivity contribution in [3.63, 3.8) is 0 Å². The number of nitrogens with zero attached hydrogens (tertiary/aromatic N) is 6. The molecule has 10 heteroatoms. The summed E-state index contributed by atoms with van der Waals surface area (Å²) in [5.41, 5.74) is 2.28. The maximum atomic E-state index is 16.2. The van der Waals surface area contributed by atoms with Gasteiger partial charge in [-0.15, -0.1) is 0 Å². The highest BCUT2D eigenvalue weighted by Crippen LogP contribution is 2.46. The number of halogens is 2. The number of likely N-dealkylation sites (tertiary alicyclic amines) is 1. The van der Waals surface area contributed by atoms with Crippen LogP contribution in [-0.2, 0) is 4.79 Å². The standard InChI is InChI=1S/C35H32ClFN6O2/c1-2-31(44)42-13-8-29-30(42)19-43(29)33-23-14-27(37)22(25-18-39-17-21-6-3-7-26(36)32(21)25)15-28(23)40-34(24(33)16-38)45-20-35-9-4-11-41(35)12-5-10-35/h2-3,6-7,14-15,17-18,29-30H,1,4-5,8-13,19-20H2/t29-,30-/m1/s1. The zero-order valence-electron chi connectivity index (χ0n) is 24.8. The van der Waals surface area contributed by atoms with Gasteiger partial charge in [0.05, 0.1) is 28.8 Å². The molecule has 0 bridgehead atoms. The van der Waals surface area contributed by atoms with Crippen LogP contribution in [0.1, 0.15) is 37.7 Å².